The van der Waals surface area contributed by atoms with Gasteiger partial charge in [0.25, 0.3) is 0 Å². The van der Waals surface area contributed by atoms with Crippen LogP contribution < -0.4 is 10.2 Å². The van der Waals surface area contributed by atoms with Crippen LogP contribution in [0.4, 0.5) is 5.69 Å². The second kappa shape index (κ2) is 4.01. The normalized spacial score (nSPS) is 22.4. The molecular weight excluding hydrogens is 172 g/mol. The first kappa shape index (κ1) is 9.53. The fourth-order valence-electron chi connectivity index (χ4n) is 1.92. The fourth-order valence-corrected chi connectivity index (χ4v) is 1.92. The number of anilines is 1. The van der Waals surface area contributed by atoms with Crippen molar-refractivity contribution in [2.75, 3.05) is 24.5 Å². The molecule has 1 fully saturated rings. The van der Waals surface area contributed by atoms with Crippen LogP contribution in [0.2, 0.25) is 0 Å². The molecule has 14 heavy (non-hydrogen) atoms. The van der Waals surface area contributed by atoms with Crippen LogP contribution in [0.15, 0.2) is 24.3 Å². The van der Waals surface area contributed by atoms with E-state index in [1.54, 1.807) is 0 Å². The van der Waals surface area contributed by atoms with Crippen molar-refractivity contribution in [2.45, 2.75) is 19.9 Å². The molecule has 1 atom stereocenters. The Labute approximate surface area is 85.9 Å². The summed E-state index contributed by atoms with van der Waals surface area (Å²) in [6.07, 6.45) is 0. The molecule has 1 aliphatic heterocycles. The summed E-state index contributed by atoms with van der Waals surface area (Å²) in [5.41, 5.74) is 2.68. The van der Waals surface area contributed by atoms with Crippen molar-refractivity contribution in [1.82, 2.24) is 5.32 Å². The van der Waals surface area contributed by atoms with Gasteiger partial charge in [-0.05, 0) is 26.0 Å². The lowest BCUT2D eigenvalue weighted by atomic mass is 10.1. The Hall–Kier alpha value is -1.02. The van der Waals surface area contributed by atoms with Gasteiger partial charge in [-0.2, -0.15) is 0 Å². The van der Waals surface area contributed by atoms with Crippen molar-refractivity contribution in [3.05, 3.63) is 29.8 Å². The Bertz CT molecular complexity index is 292. The predicted octanol–water partition coefficient (Wildman–Crippen LogP) is 1.79. The number of nitrogens with zero attached hydrogens (tertiary/aromatic N) is 1. The van der Waals surface area contributed by atoms with Gasteiger partial charge in [0.05, 0.1) is 0 Å². The van der Waals surface area contributed by atoms with Gasteiger partial charge in [0, 0.05) is 31.4 Å². The number of hydrogen-bond donors (Lipinski definition) is 1. The zero-order valence-corrected chi connectivity index (χ0v) is 8.96. The number of aryl methyl sites for hydroxylation is 1. The summed E-state index contributed by atoms with van der Waals surface area (Å²) in [5, 5.41) is 3.45. The van der Waals surface area contributed by atoms with Gasteiger partial charge >= 0.3 is 0 Å². The molecule has 1 N–H and O–H groups in total. The SMILES string of the molecule is Cc1ccc(N2CCN[C@@H](C)C2)cc1. The molecule has 0 radical (unpaired) electrons. The average molecular weight is 190 g/mol. The predicted molar refractivity (Wildman–Crippen MR) is 60.9 cm³/mol. The van der Waals surface area contributed by atoms with E-state index < -0.39 is 0 Å². The lowest BCUT2D eigenvalue weighted by Crippen LogP contribution is -2.49. The first-order valence-electron chi connectivity index (χ1n) is 5.31. The van der Waals surface area contributed by atoms with Gasteiger partial charge < -0.3 is 10.2 Å². The molecule has 0 spiro atoms. The maximum atomic E-state index is 3.45. The fraction of sp³-hybridized carbons (Fsp3) is 0.500. The quantitative estimate of drug-likeness (QED) is 0.726. The first-order valence-corrected chi connectivity index (χ1v) is 5.31. The van der Waals surface area contributed by atoms with Crippen LogP contribution >= 0.6 is 0 Å². The zero-order valence-electron chi connectivity index (χ0n) is 8.96. The Balaban J connectivity index is 2.10. The minimum atomic E-state index is 0.602. The largest absolute Gasteiger partial charge is 0.369 e. The monoisotopic (exact) mass is 190 g/mol. The molecule has 1 saturated heterocycles. The molecule has 0 saturated carbocycles. The summed E-state index contributed by atoms with van der Waals surface area (Å²) in [4.78, 5) is 2.45. The van der Waals surface area contributed by atoms with Crippen molar-refractivity contribution in [1.29, 1.82) is 0 Å². The Morgan fingerprint density at radius 2 is 2.00 bits per heavy atom. The molecule has 2 rings (SSSR count). The first-order chi connectivity index (χ1) is 6.75. The molecule has 1 aliphatic rings. The van der Waals surface area contributed by atoms with E-state index in [1.807, 2.05) is 0 Å². The number of nitrogens with one attached hydrogen (secondary N) is 1. The van der Waals surface area contributed by atoms with Crippen molar-refractivity contribution < 1.29 is 0 Å². The maximum absolute atomic E-state index is 3.45. The molecule has 76 valence electrons. The van der Waals surface area contributed by atoms with Gasteiger partial charge in [0.1, 0.15) is 0 Å². The molecule has 0 unspecified atom stereocenters. The third-order valence-corrected chi connectivity index (χ3v) is 2.77. The van der Waals surface area contributed by atoms with Gasteiger partial charge in [-0.1, -0.05) is 17.7 Å². The van der Waals surface area contributed by atoms with Gasteiger partial charge in [-0.25, -0.2) is 0 Å². The maximum Gasteiger partial charge on any atom is 0.0367 e. The lowest BCUT2D eigenvalue weighted by Gasteiger charge is -2.33. The van der Waals surface area contributed by atoms with Crippen LogP contribution in [0.25, 0.3) is 0 Å². The summed E-state index contributed by atoms with van der Waals surface area (Å²) >= 11 is 0. The Kier molecular flexibility index (Phi) is 2.73. The molecule has 1 aromatic rings. The summed E-state index contributed by atoms with van der Waals surface area (Å²) in [6, 6.07) is 9.40. The third kappa shape index (κ3) is 2.07. The van der Waals surface area contributed by atoms with Gasteiger partial charge in [-0.3, -0.25) is 0 Å². The number of hydrogen-bond acceptors (Lipinski definition) is 2. The van der Waals surface area contributed by atoms with E-state index in [0.717, 1.165) is 19.6 Å². The summed E-state index contributed by atoms with van der Waals surface area (Å²) in [6.45, 7) is 7.69. The number of piperazine rings is 1. The van der Waals surface area contributed by atoms with E-state index in [0.29, 0.717) is 6.04 Å². The molecule has 0 aromatic heterocycles. The second-order valence-corrected chi connectivity index (χ2v) is 4.14. The molecule has 0 bridgehead atoms. The zero-order chi connectivity index (χ0) is 9.97. The molecule has 0 amide bonds. The van der Waals surface area contributed by atoms with E-state index in [9.17, 15) is 0 Å². The minimum absolute atomic E-state index is 0.602. The van der Waals surface area contributed by atoms with Crippen molar-refractivity contribution in [2.24, 2.45) is 0 Å². The highest BCUT2D eigenvalue weighted by Crippen LogP contribution is 2.16. The van der Waals surface area contributed by atoms with Crippen LogP contribution in [-0.4, -0.2) is 25.7 Å². The highest BCUT2D eigenvalue weighted by atomic mass is 15.2. The van der Waals surface area contributed by atoms with E-state index in [4.69, 9.17) is 0 Å². The Morgan fingerprint density at radius 1 is 1.29 bits per heavy atom. The van der Waals surface area contributed by atoms with Crippen LogP contribution in [0.1, 0.15) is 12.5 Å². The number of rotatable bonds is 1. The second-order valence-electron chi connectivity index (χ2n) is 4.14. The van der Waals surface area contributed by atoms with Crippen molar-refractivity contribution >= 4 is 5.69 Å². The van der Waals surface area contributed by atoms with Crippen LogP contribution in [0.5, 0.6) is 0 Å². The van der Waals surface area contributed by atoms with Crippen LogP contribution in [-0.2, 0) is 0 Å². The van der Waals surface area contributed by atoms with E-state index in [1.165, 1.54) is 11.3 Å². The highest BCUT2D eigenvalue weighted by molar-refractivity contribution is 5.48. The molecule has 0 aliphatic carbocycles. The van der Waals surface area contributed by atoms with E-state index in [2.05, 4.69) is 48.3 Å². The molecular formula is C12H18N2. The van der Waals surface area contributed by atoms with E-state index in [-0.39, 0.29) is 0 Å². The topological polar surface area (TPSA) is 15.3 Å². The summed E-state index contributed by atoms with van der Waals surface area (Å²) in [5.74, 6) is 0. The minimum Gasteiger partial charge on any atom is -0.369 e. The lowest BCUT2D eigenvalue weighted by molar-refractivity contribution is 0.485. The van der Waals surface area contributed by atoms with Crippen molar-refractivity contribution in [3.8, 4) is 0 Å². The Morgan fingerprint density at radius 3 is 2.64 bits per heavy atom. The highest BCUT2D eigenvalue weighted by Gasteiger charge is 2.15. The van der Waals surface area contributed by atoms with Crippen LogP contribution in [0, 0.1) is 6.92 Å². The molecule has 2 nitrogen and oxygen atoms in total. The van der Waals surface area contributed by atoms with Crippen molar-refractivity contribution in [3.63, 3.8) is 0 Å². The smallest absolute Gasteiger partial charge is 0.0367 e. The van der Waals surface area contributed by atoms with Gasteiger partial charge in [0.2, 0.25) is 0 Å². The summed E-state index contributed by atoms with van der Waals surface area (Å²) in [7, 11) is 0. The third-order valence-electron chi connectivity index (χ3n) is 2.77. The number of benzene rings is 1. The van der Waals surface area contributed by atoms with Gasteiger partial charge in [-0.15, -0.1) is 0 Å². The molecule has 1 heterocycles. The van der Waals surface area contributed by atoms with Gasteiger partial charge in [0.15, 0.2) is 0 Å². The summed E-state index contributed by atoms with van der Waals surface area (Å²) < 4.78 is 0. The molecule has 2 heteroatoms. The average Bonchev–Trinajstić information content (AvgIpc) is 2.19. The molecule has 1 aromatic carbocycles. The van der Waals surface area contributed by atoms with E-state index >= 15 is 0 Å². The van der Waals surface area contributed by atoms with Crippen LogP contribution in [0.3, 0.4) is 0 Å². The standard InChI is InChI=1S/C12H18N2/c1-10-3-5-12(6-4-10)14-8-7-13-11(2)9-14/h3-6,11,13H,7-9H2,1-2H3/t11-/m0/s1.